The van der Waals surface area contributed by atoms with E-state index in [9.17, 15) is 4.79 Å². The number of carbonyl (C=O) groups excluding carboxylic acids is 1. The highest BCUT2D eigenvalue weighted by Crippen LogP contribution is 2.25. The summed E-state index contributed by atoms with van der Waals surface area (Å²) >= 11 is 0. The van der Waals surface area contributed by atoms with Gasteiger partial charge < -0.3 is 15.0 Å². The van der Waals surface area contributed by atoms with Crippen molar-refractivity contribution in [3.8, 4) is 5.75 Å². The van der Waals surface area contributed by atoms with Crippen molar-refractivity contribution in [2.75, 3.05) is 26.2 Å². The molecule has 1 aromatic carbocycles. The van der Waals surface area contributed by atoms with Gasteiger partial charge in [-0.3, -0.25) is 9.78 Å². The zero-order chi connectivity index (χ0) is 19.8. The maximum Gasteiger partial charge on any atom is 0.251 e. The van der Waals surface area contributed by atoms with E-state index < -0.39 is 0 Å². The number of benzene rings is 1. The Morgan fingerprint density at radius 2 is 1.86 bits per heavy atom. The van der Waals surface area contributed by atoms with E-state index in [0.717, 1.165) is 42.1 Å². The monoisotopic (exact) mass is 381 g/mol. The van der Waals surface area contributed by atoms with E-state index in [1.54, 1.807) is 12.4 Å². The van der Waals surface area contributed by atoms with E-state index in [4.69, 9.17) is 4.74 Å². The number of aromatic nitrogens is 1. The molecule has 1 saturated heterocycles. The summed E-state index contributed by atoms with van der Waals surface area (Å²) in [5.74, 6) is 0.824. The summed E-state index contributed by atoms with van der Waals surface area (Å²) in [4.78, 5) is 19.1. The molecule has 0 atom stereocenters. The smallest absolute Gasteiger partial charge is 0.251 e. The lowest BCUT2D eigenvalue weighted by molar-refractivity contribution is 0.0948. The molecule has 2 aromatic rings. The summed E-state index contributed by atoms with van der Waals surface area (Å²) in [6.07, 6.45) is 8.75. The van der Waals surface area contributed by atoms with Gasteiger partial charge in [0.05, 0.1) is 0 Å². The summed E-state index contributed by atoms with van der Waals surface area (Å²) in [6, 6.07) is 7.71. The number of amides is 1. The SMILES string of the molecule is Cc1cc(C(=O)NCCN2CCCCCC2)cc(C)c1OCc1cccnc1. The summed E-state index contributed by atoms with van der Waals surface area (Å²) in [6.45, 7) is 8.36. The third-order valence-electron chi connectivity index (χ3n) is 5.24. The minimum atomic E-state index is -0.0140. The molecule has 5 heteroatoms. The summed E-state index contributed by atoms with van der Waals surface area (Å²) in [7, 11) is 0. The first-order chi connectivity index (χ1) is 13.6. The van der Waals surface area contributed by atoms with Crippen LogP contribution in [0.25, 0.3) is 0 Å². The van der Waals surface area contributed by atoms with Gasteiger partial charge in [-0.15, -0.1) is 0 Å². The molecule has 0 radical (unpaired) electrons. The van der Waals surface area contributed by atoms with Crippen molar-refractivity contribution in [2.24, 2.45) is 0 Å². The number of hydrogen-bond acceptors (Lipinski definition) is 4. The van der Waals surface area contributed by atoms with Crippen LogP contribution in [0.2, 0.25) is 0 Å². The van der Waals surface area contributed by atoms with Crippen LogP contribution in [0.4, 0.5) is 0 Å². The van der Waals surface area contributed by atoms with Crippen LogP contribution in [-0.2, 0) is 6.61 Å². The number of rotatable bonds is 7. The third kappa shape index (κ3) is 5.80. The molecule has 2 heterocycles. The number of nitrogens with one attached hydrogen (secondary N) is 1. The molecule has 0 bridgehead atoms. The van der Waals surface area contributed by atoms with Crippen molar-refractivity contribution in [2.45, 2.75) is 46.1 Å². The Balaban J connectivity index is 1.54. The average Bonchev–Trinajstić information content (AvgIpc) is 2.97. The topological polar surface area (TPSA) is 54.5 Å². The van der Waals surface area contributed by atoms with Crippen LogP contribution in [0.1, 0.15) is 52.7 Å². The second-order valence-electron chi connectivity index (χ2n) is 7.60. The van der Waals surface area contributed by atoms with Gasteiger partial charge in [0.1, 0.15) is 12.4 Å². The van der Waals surface area contributed by atoms with Gasteiger partial charge in [-0.25, -0.2) is 0 Å². The van der Waals surface area contributed by atoms with Crippen LogP contribution < -0.4 is 10.1 Å². The normalized spacial score (nSPS) is 15.1. The number of hydrogen-bond donors (Lipinski definition) is 1. The van der Waals surface area contributed by atoms with Gasteiger partial charge in [0.2, 0.25) is 0 Å². The van der Waals surface area contributed by atoms with Gasteiger partial charge in [0.15, 0.2) is 0 Å². The van der Waals surface area contributed by atoms with Crippen molar-refractivity contribution in [3.63, 3.8) is 0 Å². The van der Waals surface area contributed by atoms with Gasteiger partial charge in [-0.2, -0.15) is 0 Å². The third-order valence-corrected chi connectivity index (χ3v) is 5.24. The van der Waals surface area contributed by atoms with E-state index in [0.29, 0.717) is 18.7 Å². The van der Waals surface area contributed by atoms with Gasteiger partial charge in [-0.05, 0) is 69.1 Å². The number of pyridine rings is 1. The molecule has 0 aliphatic carbocycles. The quantitative estimate of drug-likeness (QED) is 0.791. The number of nitrogens with zero attached hydrogens (tertiary/aromatic N) is 2. The molecule has 1 aromatic heterocycles. The zero-order valence-electron chi connectivity index (χ0n) is 17.0. The van der Waals surface area contributed by atoms with Crippen molar-refractivity contribution < 1.29 is 9.53 Å². The molecule has 3 rings (SSSR count). The first-order valence-corrected chi connectivity index (χ1v) is 10.3. The first kappa shape index (κ1) is 20.3. The van der Waals surface area contributed by atoms with Gasteiger partial charge in [0.25, 0.3) is 5.91 Å². The summed E-state index contributed by atoms with van der Waals surface area (Å²) in [5, 5.41) is 3.07. The molecule has 5 nitrogen and oxygen atoms in total. The van der Waals surface area contributed by atoms with E-state index in [-0.39, 0.29) is 5.91 Å². The molecule has 1 aliphatic heterocycles. The molecule has 1 fully saturated rings. The second kappa shape index (κ2) is 10.2. The van der Waals surface area contributed by atoms with Crippen molar-refractivity contribution in [1.82, 2.24) is 15.2 Å². The standard InChI is InChI=1S/C23H31N3O2/c1-18-14-21(23(27)25-10-13-26-11-5-3-4-6-12-26)15-19(2)22(18)28-17-20-8-7-9-24-16-20/h7-9,14-16H,3-6,10-13,17H2,1-2H3,(H,25,27). The maximum absolute atomic E-state index is 12.6. The fourth-order valence-corrected chi connectivity index (χ4v) is 3.74. The van der Waals surface area contributed by atoms with Crippen molar-refractivity contribution >= 4 is 5.91 Å². The van der Waals surface area contributed by atoms with Gasteiger partial charge in [-0.1, -0.05) is 18.9 Å². The van der Waals surface area contributed by atoms with Crippen molar-refractivity contribution in [3.05, 3.63) is 58.9 Å². The van der Waals surface area contributed by atoms with Crippen LogP contribution >= 0.6 is 0 Å². The fourth-order valence-electron chi connectivity index (χ4n) is 3.74. The highest BCUT2D eigenvalue weighted by atomic mass is 16.5. The Morgan fingerprint density at radius 3 is 2.50 bits per heavy atom. The van der Waals surface area contributed by atoms with Gasteiger partial charge >= 0.3 is 0 Å². The van der Waals surface area contributed by atoms with Crippen LogP contribution in [0.5, 0.6) is 5.75 Å². The van der Waals surface area contributed by atoms with E-state index in [2.05, 4.69) is 15.2 Å². The zero-order valence-corrected chi connectivity index (χ0v) is 17.0. The highest BCUT2D eigenvalue weighted by molar-refractivity contribution is 5.94. The molecular formula is C23H31N3O2. The molecule has 0 unspecified atom stereocenters. The Hall–Kier alpha value is -2.40. The highest BCUT2D eigenvalue weighted by Gasteiger charge is 2.13. The lowest BCUT2D eigenvalue weighted by Crippen LogP contribution is -2.35. The molecular weight excluding hydrogens is 350 g/mol. The lowest BCUT2D eigenvalue weighted by atomic mass is 10.0. The van der Waals surface area contributed by atoms with Crippen LogP contribution in [-0.4, -0.2) is 42.0 Å². The number of ether oxygens (including phenoxy) is 1. The molecule has 0 spiro atoms. The Labute approximate surface area is 168 Å². The number of aryl methyl sites for hydroxylation is 2. The second-order valence-corrected chi connectivity index (χ2v) is 7.60. The van der Waals surface area contributed by atoms with E-state index >= 15 is 0 Å². The largest absolute Gasteiger partial charge is 0.488 e. The Morgan fingerprint density at radius 1 is 1.14 bits per heavy atom. The molecule has 0 saturated carbocycles. The first-order valence-electron chi connectivity index (χ1n) is 10.3. The molecule has 1 amide bonds. The van der Waals surface area contributed by atoms with Gasteiger partial charge in [0, 0.05) is 36.6 Å². The molecule has 28 heavy (non-hydrogen) atoms. The minimum absolute atomic E-state index is 0.0140. The fraction of sp³-hybridized carbons (Fsp3) is 0.478. The minimum Gasteiger partial charge on any atom is -0.488 e. The molecule has 150 valence electrons. The predicted molar refractivity (Wildman–Crippen MR) is 112 cm³/mol. The Kier molecular flexibility index (Phi) is 7.43. The number of carbonyl (C=O) groups is 1. The average molecular weight is 382 g/mol. The maximum atomic E-state index is 12.6. The van der Waals surface area contributed by atoms with E-state index in [1.165, 1.54) is 25.7 Å². The van der Waals surface area contributed by atoms with Crippen LogP contribution in [0.15, 0.2) is 36.7 Å². The van der Waals surface area contributed by atoms with Crippen LogP contribution in [0, 0.1) is 13.8 Å². The lowest BCUT2D eigenvalue weighted by Gasteiger charge is -2.20. The molecule has 1 aliphatic rings. The van der Waals surface area contributed by atoms with Crippen molar-refractivity contribution in [1.29, 1.82) is 0 Å². The molecule has 1 N–H and O–H groups in total. The van der Waals surface area contributed by atoms with Crippen LogP contribution in [0.3, 0.4) is 0 Å². The predicted octanol–water partition coefficient (Wildman–Crippen LogP) is 3.88. The number of likely N-dealkylation sites (tertiary alicyclic amines) is 1. The summed E-state index contributed by atoms with van der Waals surface area (Å²) < 4.78 is 5.98. The van der Waals surface area contributed by atoms with E-state index in [1.807, 2.05) is 38.1 Å². The Bertz CT molecular complexity index is 746. The summed E-state index contributed by atoms with van der Waals surface area (Å²) in [5.41, 5.74) is 3.67.